The van der Waals surface area contributed by atoms with Crippen molar-refractivity contribution in [2.45, 2.75) is 32.2 Å². The van der Waals surface area contributed by atoms with E-state index in [-0.39, 0.29) is 17.9 Å². The highest BCUT2D eigenvalue weighted by Gasteiger charge is 2.28. The summed E-state index contributed by atoms with van der Waals surface area (Å²) in [5, 5.41) is 2.88. The Morgan fingerprint density at radius 1 is 1.61 bits per heavy atom. The van der Waals surface area contributed by atoms with Crippen LogP contribution in [0.4, 0.5) is 5.69 Å². The van der Waals surface area contributed by atoms with Crippen LogP contribution >= 0.6 is 0 Å². The Labute approximate surface area is 107 Å². The molecule has 0 saturated heterocycles. The van der Waals surface area contributed by atoms with E-state index in [1.54, 1.807) is 18.3 Å². The summed E-state index contributed by atoms with van der Waals surface area (Å²) in [6.07, 6.45) is 4.18. The Morgan fingerprint density at radius 2 is 2.44 bits per heavy atom. The fourth-order valence-corrected chi connectivity index (χ4v) is 2.23. The number of pyridine rings is 1. The highest BCUT2D eigenvalue weighted by atomic mass is 16.5. The summed E-state index contributed by atoms with van der Waals surface area (Å²) in [5.74, 6) is 0.488. The number of rotatable bonds is 4. The van der Waals surface area contributed by atoms with Gasteiger partial charge in [0.15, 0.2) is 0 Å². The van der Waals surface area contributed by atoms with Crippen molar-refractivity contribution < 1.29 is 9.53 Å². The maximum absolute atomic E-state index is 12.1. The molecule has 98 valence electrons. The van der Waals surface area contributed by atoms with Crippen LogP contribution < -0.4 is 15.8 Å². The zero-order valence-electron chi connectivity index (χ0n) is 10.6. The third-order valence-electron chi connectivity index (χ3n) is 3.15. The Bertz CT molecular complexity index is 422. The third kappa shape index (κ3) is 2.98. The van der Waals surface area contributed by atoms with Crippen molar-refractivity contribution in [1.82, 2.24) is 4.98 Å². The van der Waals surface area contributed by atoms with Crippen molar-refractivity contribution in [3.8, 4) is 5.88 Å². The van der Waals surface area contributed by atoms with Crippen LogP contribution in [0, 0.1) is 5.92 Å². The van der Waals surface area contributed by atoms with E-state index in [4.69, 9.17) is 10.5 Å². The zero-order chi connectivity index (χ0) is 13.0. The molecule has 1 fully saturated rings. The molecule has 1 saturated carbocycles. The fourth-order valence-electron chi connectivity index (χ4n) is 2.23. The average molecular weight is 249 g/mol. The van der Waals surface area contributed by atoms with Gasteiger partial charge in [-0.25, -0.2) is 4.98 Å². The third-order valence-corrected chi connectivity index (χ3v) is 3.15. The molecule has 2 rings (SSSR count). The van der Waals surface area contributed by atoms with E-state index < -0.39 is 0 Å². The molecule has 0 bridgehead atoms. The predicted molar refractivity (Wildman–Crippen MR) is 69.4 cm³/mol. The van der Waals surface area contributed by atoms with Crippen molar-refractivity contribution in [3.63, 3.8) is 0 Å². The average Bonchev–Trinajstić information content (AvgIpc) is 2.79. The topological polar surface area (TPSA) is 77.2 Å². The summed E-state index contributed by atoms with van der Waals surface area (Å²) in [6, 6.07) is 3.73. The first-order chi connectivity index (χ1) is 8.70. The first-order valence-corrected chi connectivity index (χ1v) is 6.35. The lowest BCUT2D eigenvalue weighted by molar-refractivity contribution is -0.119. The summed E-state index contributed by atoms with van der Waals surface area (Å²) >= 11 is 0. The molecule has 1 heterocycles. The molecule has 1 amide bonds. The maximum atomic E-state index is 12.1. The molecule has 2 atom stereocenters. The van der Waals surface area contributed by atoms with Crippen LogP contribution in [0.2, 0.25) is 0 Å². The van der Waals surface area contributed by atoms with Crippen LogP contribution in [0.15, 0.2) is 18.3 Å². The fraction of sp³-hybridized carbons (Fsp3) is 0.538. The molecule has 3 N–H and O–H groups in total. The van der Waals surface area contributed by atoms with Gasteiger partial charge in [-0.1, -0.05) is 0 Å². The molecule has 1 aliphatic carbocycles. The zero-order valence-corrected chi connectivity index (χ0v) is 10.6. The molecule has 0 aromatic carbocycles. The Kier molecular flexibility index (Phi) is 4.15. The highest BCUT2D eigenvalue weighted by molar-refractivity contribution is 5.93. The first kappa shape index (κ1) is 12.8. The van der Waals surface area contributed by atoms with E-state index in [0.29, 0.717) is 18.2 Å². The van der Waals surface area contributed by atoms with Crippen molar-refractivity contribution in [2.24, 2.45) is 11.7 Å². The summed E-state index contributed by atoms with van der Waals surface area (Å²) in [5.41, 5.74) is 6.45. The Balaban J connectivity index is 2.02. The van der Waals surface area contributed by atoms with Gasteiger partial charge in [-0.2, -0.15) is 0 Å². The van der Waals surface area contributed by atoms with Crippen molar-refractivity contribution in [2.75, 3.05) is 11.9 Å². The molecule has 18 heavy (non-hydrogen) atoms. The summed E-state index contributed by atoms with van der Waals surface area (Å²) < 4.78 is 5.37. The SMILES string of the molecule is CCOc1ncccc1NC(=O)C1CCC(N)C1. The number of nitrogens with two attached hydrogens (primary N) is 1. The van der Waals surface area contributed by atoms with E-state index >= 15 is 0 Å². The first-order valence-electron chi connectivity index (χ1n) is 6.35. The van der Waals surface area contributed by atoms with Gasteiger partial charge >= 0.3 is 0 Å². The van der Waals surface area contributed by atoms with E-state index in [1.807, 2.05) is 6.92 Å². The van der Waals surface area contributed by atoms with Gasteiger partial charge in [-0.05, 0) is 38.3 Å². The molecular formula is C13H19N3O2. The summed E-state index contributed by atoms with van der Waals surface area (Å²) in [4.78, 5) is 16.2. The molecule has 2 unspecified atom stereocenters. The second-order valence-corrected chi connectivity index (χ2v) is 4.55. The number of amides is 1. The molecule has 0 spiro atoms. The van der Waals surface area contributed by atoms with Gasteiger partial charge in [0, 0.05) is 18.2 Å². The number of carbonyl (C=O) groups is 1. The second-order valence-electron chi connectivity index (χ2n) is 4.55. The number of ether oxygens (including phenoxy) is 1. The van der Waals surface area contributed by atoms with E-state index in [9.17, 15) is 4.79 Å². The molecule has 1 aliphatic rings. The highest BCUT2D eigenvalue weighted by Crippen LogP contribution is 2.27. The van der Waals surface area contributed by atoms with Crippen LogP contribution in [-0.2, 0) is 4.79 Å². The number of nitrogens with one attached hydrogen (secondary N) is 1. The minimum Gasteiger partial charge on any atom is -0.476 e. The smallest absolute Gasteiger partial charge is 0.237 e. The standard InChI is InChI=1S/C13H19N3O2/c1-2-18-13-11(4-3-7-15-13)16-12(17)9-5-6-10(14)8-9/h3-4,7,9-10H,2,5-6,8,14H2,1H3,(H,16,17). The number of hydrogen-bond acceptors (Lipinski definition) is 4. The second kappa shape index (κ2) is 5.82. The number of aromatic nitrogens is 1. The molecule has 1 aromatic heterocycles. The minimum atomic E-state index is 0.00897. The van der Waals surface area contributed by atoms with Crippen LogP contribution in [0.1, 0.15) is 26.2 Å². The lowest BCUT2D eigenvalue weighted by Gasteiger charge is -2.13. The van der Waals surface area contributed by atoms with Crippen LogP contribution in [0.5, 0.6) is 5.88 Å². The molecule has 0 radical (unpaired) electrons. The van der Waals surface area contributed by atoms with Gasteiger partial charge in [0.25, 0.3) is 0 Å². The number of hydrogen-bond donors (Lipinski definition) is 2. The summed E-state index contributed by atoms with van der Waals surface area (Å²) in [6.45, 7) is 2.41. The van der Waals surface area contributed by atoms with Crippen molar-refractivity contribution in [1.29, 1.82) is 0 Å². The van der Waals surface area contributed by atoms with Gasteiger partial charge < -0.3 is 15.8 Å². The number of anilines is 1. The van der Waals surface area contributed by atoms with E-state index in [1.165, 1.54) is 0 Å². The van der Waals surface area contributed by atoms with E-state index in [2.05, 4.69) is 10.3 Å². The van der Waals surface area contributed by atoms with Crippen LogP contribution in [0.3, 0.4) is 0 Å². The normalized spacial score (nSPS) is 22.8. The quantitative estimate of drug-likeness (QED) is 0.848. The van der Waals surface area contributed by atoms with Gasteiger partial charge in [-0.3, -0.25) is 4.79 Å². The molecule has 1 aromatic rings. The van der Waals surface area contributed by atoms with Gasteiger partial charge in [-0.15, -0.1) is 0 Å². The Morgan fingerprint density at radius 3 is 3.11 bits per heavy atom. The molecule has 5 heteroatoms. The van der Waals surface area contributed by atoms with Crippen molar-refractivity contribution in [3.05, 3.63) is 18.3 Å². The largest absolute Gasteiger partial charge is 0.476 e. The summed E-state index contributed by atoms with van der Waals surface area (Å²) in [7, 11) is 0. The van der Waals surface area contributed by atoms with Gasteiger partial charge in [0.2, 0.25) is 11.8 Å². The monoisotopic (exact) mass is 249 g/mol. The maximum Gasteiger partial charge on any atom is 0.237 e. The number of nitrogens with zero attached hydrogens (tertiary/aromatic N) is 1. The number of carbonyl (C=O) groups excluding carboxylic acids is 1. The van der Waals surface area contributed by atoms with E-state index in [0.717, 1.165) is 19.3 Å². The molecule has 0 aliphatic heterocycles. The lowest BCUT2D eigenvalue weighted by Crippen LogP contribution is -2.23. The molecular weight excluding hydrogens is 230 g/mol. The van der Waals surface area contributed by atoms with Crippen LogP contribution in [0.25, 0.3) is 0 Å². The predicted octanol–water partition coefficient (Wildman–Crippen LogP) is 1.55. The lowest BCUT2D eigenvalue weighted by atomic mass is 10.1. The van der Waals surface area contributed by atoms with Gasteiger partial charge in [0.05, 0.1) is 6.61 Å². The van der Waals surface area contributed by atoms with Crippen LogP contribution in [-0.4, -0.2) is 23.5 Å². The molecule has 5 nitrogen and oxygen atoms in total. The van der Waals surface area contributed by atoms with Gasteiger partial charge in [0.1, 0.15) is 5.69 Å². The Hall–Kier alpha value is -1.62. The minimum absolute atomic E-state index is 0.00897. The van der Waals surface area contributed by atoms with Crippen molar-refractivity contribution >= 4 is 11.6 Å².